The molecule has 128 valence electrons. The van der Waals surface area contributed by atoms with Crippen LogP contribution in [0.2, 0.25) is 10.0 Å². The second kappa shape index (κ2) is 8.34. The number of aromatic nitrogens is 1. The normalized spacial score (nSPS) is 10.5. The summed E-state index contributed by atoms with van der Waals surface area (Å²) in [5, 5.41) is 5.70. The molecule has 0 spiro atoms. The van der Waals surface area contributed by atoms with E-state index in [1.54, 1.807) is 35.7 Å². The number of carbonyl (C=O) groups is 1. The molecule has 0 saturated carbocycles. The van der Waals surface area contributed by atoms with E-state index < -0.39 is 0 Å². The number of rotatable bonds is 6. The van der Waals surface area contributed by atoms with Crippen molar-refractivity contribution >= 4 is 40.4 Å². The first kappa shape index (κ1) is 17.7. The van der Waals surface area contributed by atoms with E-state index >= 15 is 0 Å². The third-order valence-corrected chi connectivity index (χ3v) is 4.79. The topological polar surface area (TPSA) is 51.2 Å². The van der Waals surface area contributed by atoms with E-state index in [2.05, 4.69) is 10.3 Å². The van der Waals surface area contributed by atoms with Crippen LogP contribution in [0.15, 0.2) is 54.2 Å². The molecule has 0 fully saturated rings. The number of amides is 1. The highest BCUT2D eigenvalue weighted by Gasteiger charge is 2.07. The molecule has 1 N–H and O–H groups in total. The van der Waals surface area contributed by atoms with E-state index in [0.29, 0.717) is 22.3 Å². The summed E-state index contributed by atoms with van der Waals surface area (Å²) in [6, 6.07) is 10.9. The van der Waals surface area contributed by atoms with Gasteiger partial charge in [0.2, 0.25) is 0 Å². The lowest BCUT2D eigenvalue weighted by molar-refractivity contribution is -0.123. The third-order valence-electron chi connectivity index (χ3n) is 3.34. The highest BCUT2D eigenvalue weighted by Crippen LogP contribution is 2.27. The van der Waals surface area contributed by atoms with Crippen LogP contribution in [-0.4, -0.2) is 17.5 Å². The molecule has 1 amide bonds. The summed E-state index contributed by atoms with van der Waals surface area (Å²) in [7, 11) is 0. The molecule has 3 aromatic rings. The Bertz CT molecular complexity index is 869. The second-order valence-electron chi connectivity index (χ2n) is 5.20. The van der Waals surface area contributed by atoms with Crippen molar-refractivity contribution in [2.75, 3.05) is 6.61 Å². The van der Waals surface area contributed by atoms with Crippen LogP contribution in [0.3, 0.4) is 0 Å². The van der Waals surface area contributed by atoms with Crippen molar-refractivity contribution in [2.24, 2.45) is 0 Å². The van der Waals surface area contributed by atoms with Crippen LogP contribution in [-0.2, 0) is 11.3 Å². The van der Waals surface area contributed by atoms with E-state index in [1.165, 1.54) is 0 Å². The van der Waals surface area contributed by atoms with Crippen molar-refractivity contribution in [1.29, 1.82) is 0 Å². The van der Waals surface area contributed by atoms with Crippen molar-refractivity contribution in [3.05, 3.63) is 69.8 Å². The molecule has 0 radical (unpaired) electrons. The van der Waals surface area contributed by atoms with Crippen LogP contribution in [0.25, 0.3) is 10.4 Å². The van der Waals surface area contributed by atoms with E-state index in [-0.39, 0.29) is 12.5 Å². The number of benzene rings is 1. The first-order chi connectivity index (χ1) is 12.1. The molecule has 0 saturated heterocycles. The van der Waals surface area contributed by atoms with Crippen LogP contribution in [0.5, 0.6) is 5.75 Å². The average Bonchev–Trinajstić information content (AvgIpc) is 3.14. The minimum Gasteiger partial charge on any atom is -0.482 e. The molecule has 25 heavy (non-hydrogen) atoms. The first-order valence-corrected chi connectivity index (χ1v) is 9.08. The van der Waals surface area contributed by atoms with Crippen molar-refractivity contribution in [1.82, 2.24) is 10.3 Å². The van der Waals surface area contributed by atoms with E-state index in [1.807, 2.05) is 29.8 Å². The van der Waals surface area contributed by atoms with Gasteiger partial charge in [-0.3, -0.25) is 9.78 Å². The number of carbonyl (C=O) groups excluding carboxylic acids is 1. The molecule has 0 unspecified atom stereocenters. The number of halogens is 2. The Kier molecular flexibility index (Phi) is 5.91. The van der Waals surface area contributed by atoms with Gasteiger partial charge >= 0.3 is 0 Å². The molecule has 0 atom stereocenters. The van der Waals surface area contributed by atoms with Crippen LogP contribution in [0, 0.1) is 0 Å². The number of pyridine rings is 1. The predicted octanol–water partition coefficient (Wildman–Crippen LogP) is 4.81. The SMILES string of the molecule is O=C(COc1ccc(Cl)cc1Cl)NCc1cncc(-c2cccs2)c1. The molecule has 3 rings (SSSR count). The smallest absolute Gasteiger partial charge is 0.258 e. The van der Waals surface area contributed by atoms with Gasteiger partial charge in [-0.2, -0.15) is 0 Å². The van der Waals surface area contributed by atoms with Gasteiger partial charge in [0.1, 0.15) is 5.75 Å². The second-order valence-corrected chi connectivity index (χ2v) is 6.99. The number of hydrogen-bond acceptors (Lipinski definition) is 4. The van der Waals surface area contributed by atoms with Crippen LogP contribution in [0.1, 0.15) is 5.56 Å². The minimum atomic E-state index is -0.243. The summed E-state index contributed by atoms with van der Waals surface area (Å²) in [4.78, 5) is 17.3. The molecule has 4 nitrogen and oxygen atoms in total. The van der Waals surface area contributed by atoms with Crippen molar-refractivity contribution in [2.45, 2.75) is 6.54 Å². The fourth-order valence-corrected chi connectivity index (χ4v) is 3.32. The largest absolute Gasteiger partial charge is 0.482 e. The lowest BCUT2D eigenvalue weighted by Gasteiger charge is -2.09. The lowest BCUT2D eigenvalue weighted by Crippen LogP contribution is -2.28. The van der Waals surface area contributed by atoms with Gasteiger partial charge in [0.05, 0.1) is 5.02 Å². The Balaban J connectivity index is 1.53. The van der Waals surface area contributed by atoms with Gasteiger partial charge in [-0.15, -0.1) is 11.3 Å². The summed E-state index contributed by atoms with van der Waals surface area (Å²) in [6.07, 6.45) is 3.54. The van der Waals surface area contributed by atoms with Gasteiger partial charge in [0, 0.05) is 34.4 Å². The minimum absolute atomic E-state index is 0.126. The summed E-state index contributed by atoms with van der Waals surface area (Å²) in [5.74, 6) is 0.176. The molecule has 2 heterocycles. The Hall–Kier alpha value is -2.08. The van der Waals surface area contributed by atoms with Crippen molar-refractivity contribution in [3.8, 4) is 16.2 Å². The first-order valence-electron chi connectivity index (χ1n) is 7.44. The van der Waals surface area contributed by atoms with Gasteiger partial charge < -0.3 is 10.1 Å². The Morgan fingerprint density at radius 3 is 2.84 bits per heavy atom. The fraction of sp³-hybridized carbons (Fsp3) is 0.111. The van der Waals surface area contributed by atoms with E-state index in [9.17, 15) is 4.79 Å². The highest BCUT2D eigenvalue weighted by molar-refractivity contribution is 7.13. The molecular formula is C18H14Cl2N2O2S. The molecule has 2 aromatic heterocycles. The number of hydrogen-bond donors (Lipinski definition) is 1. The van der Waals surface area contributed by atoms with Gasteiger partial charge in [0.15, 0.2) is 6.61 Å². The van der Waals surface area contributed by atoms with E-state index in [0.717, 1.165) is 16.0 Å². The quantitative estimate of drug-likeness (QED) is 0.654. The molecule has 0 aliphatic heterocycles. The Morgan fingerprint density at radius 2 is 2.08 bits per heavy atom. The number of ether oxygens (including phenoxy) is 1. The zero-order valence-electron chi connectivity index (χ0n) is 13.0. The standard InChI is InChI=1S/C18H14Cl2N2O2S/c19-14-3-4-16(15(20)7-14)24-11-18(23)22-9-12-6-13(10-21-8-12)17-2-1-5-25-17/h1-8,10H,9,11H2,(H,22,23). The van der Waals surface area contributed by atoms with E-state index in [4.69, 9.17) is 27.9 Å². The van der Waals surface area contributed by atoms with Crippen molar-refractivity contribution < 1.29 is 9.53 Å². The zero-order valence-corrected chi connectivity index (χ0v) is 15.4. The lowest BCUT2D eigenvalue weighted by atomic mass is 10.2. The molecule has 1 aromatic carbocycles. The molecule has 0 bridgehead atoms. The van der Waals surface area contributed by atoms with Gasteiger partial charge in [-0.25, -0.2) is 0 Å². The van der Waals surface area contributed by atoms with Gasteiger partial charge in [-0.1, -0.05) is 29.3 Å². The summed E-state index contributed by atoms with van der Waals surface area (Å²) in [5.41, 5.74) is 1.95. The van der Waals surface area contributed by atoms with Gasteiger partial charge in [0.25, 0.3) is 5.91 Å². The molecule has 0 aliphatic rings. The zero-order chi connectivity index (χ0) is 17.6. The third kappa shape index (κ3) is 4.95. The molecular weight excluding hydrogens is 379 g/mol. The Labute approximate surface area is 159 Å². The maximum atomic E-state index is 12.0. The monoisotopic (exact) mass is 392 g/mol. The maximum absolute atomic E-state index is 12.0. The van der Waals surface area contributed by atoms with Crippen LogP contribution in [0.4, 0.5) is 0 Å². The maximum Gasteiger partial charge on any atom is 0.258 e. The number of nitrogens with zero attached hydrogens (tertiary/aromatic N) is 1. The molecule has 7 heteroatoms. The Morgan fingerprint density at radius 1 is 1.20 bits per heavy atom. The van der Waals surface area contributed by atoms with Crippen LogP contribution < -0.4 is 10.1 Å². The van der Waals surface area contributed by atoms with Crippen molar-refractivity contribution in [3.63, 3.8) is 0 Å². The summed E-state index contributed by atoms with van der Waals surface area (Å²) in [6.45, 7) is 0.252. The molecule has 0 aliphatic carbocycles. The summed E-state index contributed by atoms with van der Waals surface area (Å²) >= 11 is 13.5. The van der Waals surface area contributed by atoms with Gasteiger partial charge in [-0.05, 0) is 41.3 Å². The predicted molar refractivity (Wildman–Crippen MR) is 101 cm³/mol. The van der Waals surface area contributed by atoms with Crippen LogP contribution >= 0.6 is 34.5 Å². The average molecular weight is 393 g/mol. The summed E-state index contributed by atoms with van der Waals surface area (Å²) < 4.78 is 5.41. The highest BCUT2D eigenvalue weighted by atomic mass is 35.5. The number of thiophene rings is 1. The number of nitrogens with one attached hydrogen (secondary N) is 1. The fourth-order valence-electron chi connectivity index (χ4n) is 2.15.